The lowest BCUT2D eigenvalue weighted by molar-refractivity contribution is 0.102. The van der Waals surface area contributed by atoms with Gasteiger partial charge in [0.2, 0.25) is 5.88 Å². The quantitative estimate of drug-likeness (QED) is 0.789. The first-order valence-electron chi connectivity index (χ1n) is 7.26. The Labute approximate surface area is 138 Å². The first-order valence-corrected chi connectivity index (χ1v) is 7.26. The van der Waals surface area contributed by atoms with Gasteiger partial charge in [-0.15, -0.1) is 10.2 Å². The molecular weight excluding hydrogens is 309 g/mol. The summed E-state index contributed by atoms with van der Waals surface area (Å²) >= 11 is 0. The van der Waals surface area contributed by atoms with E-state index >= 15 is 0 Å². The van der Waals surface area contributed by atoms with Crippen molar-refractivity contribution in [1.82, 2.24) is 10.2 Å². The summed E-state index contributed by atoms with van der Waals surface area (Å²) in [6.45, 7) is 1.67. The van der Waals surface area contributed by atoms with E-state index in [0.29, 0.717) is 17.0 Å². The molecule has 0 spiro atoms. The Bertz CT molecular complexity index is 852. The number of aromatic nitrogens is 2. The first kappa shape index (κ1) is 15.6. The summed E-state index contributed by atoms with van der Waals surface area (Å²) in [5.41, 5.74) is 1.35. The van der Waals surface area contributed by atoms with Crippen LogP contribution in [-0.4, -0.2) is 16.1 Å². The van der Waals surface area contributed by atoms with Crippen LogP contribution in [0.4, 0.5) is 10.1 Å². The molecule has 1 heterocycles. The molecular formula is C18H14FN3O2. The van der Waals surface area contributed by atoms with Gasteiger partial charge in [-0.05, 0) is 36.8 Å². The molecule has 0 aliphatic heterocycles. The summed E-state index contributed by atoms with van der Waals surface area (Å²) in [5, 5.41) is 10.4. The Balaban J connectivity index is 1.68. The first-order chi connectivity index (χ1) is 11.6. The summed E-state index contributed by atoms with van der Waals surface area (Å²) in [4.78, 5) is 12.1. The van der Waals surface area contributed by atoms with Gasteiger partial charge in [0.1, 0.15) is 11.6 Å². The van der Waals surface area contributed by atoms with Crippen molar-refractivity contribution in [3.63, 3.8) is 0 Å². The van der Waals surface area contributed by atoms with Gasteiger partial charge in [0.15, 0.2) is 5.69 Å². The normalized spacial score (nSPS) is 10.2. The average Bonchev–Trinajstić information content (AvgIpc) is 2.60. The molecule has 6 heteroatoms. The number of ether oxygens (including phenoxy) is 1. The van der Waals surface area contributed by atoms with Crippen molar-refractivity contribution in [2.24, 2.45) is 0 Å². The molecule has 1 amide bonds. The number of benzene rings is 2. The van der Waals surface area contributed by atoms with Crippen LogP contribution in [0.15, 0.2) is 60.7 Å². The average molecular weight is 323 g/mol. The van der Waals surface area contributed by atoms with Gasteiger partial charge in [-0.3, -0.25) is 4.79 Å². The van der Waals surface area contributed by atoms with Crippen molar-refractivity contribution in [3.05, 3.63) is 77.7 Å². The highest BCUT2D eigenvalue weighted by molar-refractivity contribution is 6.02. The van der Waals surface area contributed by atoms with Crippen LogP contribution in [0, 0.1) is 12.7 Å². The van der Waals surface area contributed by atoms with E-state index in [1.54, 1.807) is 31.2 Å². The van der Waals surface area contributed by atoms with Crippen molar-refractivity contribution < 1.29 is 13.9 Å². The number of hydrogen-bond donors (Lipinski definition) is 1. The molecule has 0 fully saturated rings. The predicted octanol–water partition coefficient (Wildman–Crippen LogP) is 3.97. The van der Waals surface area contributed by atoms with Crippen LogP contribution in [-0.2, 0) is 0 Å². The van der Waals surface area contributed by atoms with E-state index in [-0.39, 0.29) is 23.3 Å². The molecule has 0 aliphatic carbocycles. The monoisotopic (exact) mass is 323 g/mol. The van der Waals surface area contributed by atoms with Crippen LogP contribution in [0.3, 0.4) is 0 Å². The van der Waals surface area contributed by atoms with Crippen molar-refractivity contribution in [2.75, 3.05) is 5.32 Å². The molecule has 24 heavy (non-hydrogen) atoms. The SMILES string of the molecule is Cc1ccc(Oc2ccc(C(=O)Nc3ccccc3)nn2)cc1F. The van der Waals surface area contributed by atoms with Gasteiger partial charge in [0, 0.05) is 17.8 Å². The molecule has 5 nitrogen and oxygen atoms in total. The van der Waals surface area contributed by atoms with E-state index in [4.69, 9.17) is 4.74 Å². The highest BCUT2D eigenvalue weighted by Crippen LogP contribution is 2.21. The highest BCUT2D eigenvalue weighted by atomic mass is 19.1. The summed E-state index contributed by atoms with van der Waals surface area (Å²) in [6.07, 6.45) is 0. The lowest BCUT2D eigenvalue weighted by Gasteiger charge is -2.06. The van der Waals surface area contributed by atoms with E-state index in [1.165, 1.54) is 18.2 Å². The maximum atomic E-state index is 13.5. The van der Waals surface area contributed by atoms with Crippen molar-refractivity contribution in [1.29, 1.82) is 0 Å². The number of nitrogens with one attached hydrogen (secondary N) is 1. The number of carbonyl (C=O) groups excluding carboxylic acids is 1. The zero-order valence-corrected chi connectivity index (χ0v) is 12.9. The van der Waals surface area contributed by atoms with E-state index < -0.39 is 0 Å². The molecule has 1 N–H and O–H groups in total. The van der Waals surface area contributed by atoms with E-state index in [0.717, 1.165) is 0 Å². The van der Waals surface area contributed by atoms with Gasteiger partial charge < -0.3 is 10.1 Å². The molecule has 3 rings (SSSR count). The van der Waals surface area contributed by atoms with E-state index in [1.807, 2.05) is 18.2 Å². The fraction of sp³-hybridized carbons (Fsp3) is 0.0556. The minimum Gasteiger partial charge on any atom is -0.437 e. The van der Waals surface area contributed by atoms with E-state index in [9.17, 15) is 9.18 Å². The zero-order chi connectivity index (χ0) is 16.9. The third kappa shape index (κ3) is 3.73. The van der Waals surface area contributed by atoms with E-state index in [2.05, 4.69) is 15.5 Å². The van der Waals surface area contributed by atoms with Crippen LogP contribution >= 0.6 is 0 Å². The fourth-order valence-electron chi connectivity index (χ4n) is 1.97. The van der Waals surface area contributed by atoms with Gasteiger partial charge in [-0.2, -0.15) is 0 Å². The molecule has 0 radical (unpaired) electrons. The van der Waals surface area contributed by atoms with Gasteiger partial charge in [-0.1, -0.05) is 24.3 Å². The zero-order valence-electron chi connectivity index (χ0n) is 12.9. The Morgan fingerprint density at radius 2 is 1.83 bits per heavy atom. The summed E-state index contributed by atoms with van der Waals surface area (Å²) in [7, 11) is 0. The molecule has 0 saturated heterocycles. The van der Waals surface area contributed by atoms with Gasteiger partial charge in [-0.25, -0.2) is 4.39 Å². The van der Waals surface area contributed by atoms with Crippen LogP contribution < -0.4 is 10.1 Å². The second-order valence-corrected chi connectivity index (χ2v) is 5.09. The molecule has 1 aromatic heterocycles. The number of hydrogen-bond acceptors (Lipinski definition) is 4. The number of anilines is 1. The molecule has 120 valence electrons. The number of nitrogens with zero attached hydrogens (tertiary/aromatic N) is 2. The van der Waals surface area contributed by atoms with Crippen LogP contribution in [0.2, 0.25) is 0 Å². The maximum absolute atomic E-state index is 13.5. The number of rotatable bonds is 4. The number of halogens is 1. The summed E-state index contributed by atoms with van der Waals surface area (Å²) < 4.78 is 18.9. The Morgan fingerprint density at radius 1 is 1.04 bits per heavy atom. The maximum Gasteiger partial charge on any atom is 0.276 e. The molecule has 0 bridgehead atoms. The fourth-order valence-corrected chi connectivity index (χ4v) is 1.97. The Kier molecular flexibility index (Phi) is 4.47. The lowest BCUT2D eigenvalue weighted by Crippen LogP contribution is -2.14. The predicted molar refractivity (Wildman–Crippen MR) is 87.6 cm³/mol. The van der Waals surface area contributed by atoms with Crippen molar-refractivity contribution in [2.45, 2.75) is 6.92 Å². The molecule has 0 unspecified atom stereocenters. The Morgan fingerprint density at radius 3 is 2.50 bits per heavy atom. The minimum atomic E-state index is -0.373. The lowest BCUT2D eigenvalue weighted by atomic mass is 10.2. The molecule has 0 atom stereocenters. The van der Waals surface area contributed by atoms with Crippen molar-refractivity contribution >= 4 is 11.6 Å². The topological polar surface area (TPSA) is 64.1 Å². The molecule has 0 aliphatic rings. The van der Waals surface area contributed by atoms with Crippen LogP contribution in [0.1, 0.15) is 16.1 Å². The molecule has 3 aromatic rings. The summed E-state index contributed by atoms with van der Waals surface area (Å²) in [6, 6.07) is 16.6. The number of amides is 1. The number of para-hydroxylation sites is 1. The van der Waals surface area contributed by atoms with Gasteiger partial charge >= 0.3 is 0 Å². The van der Waals surface area contributed by atoms with Crippen LogP contribution in [0.25, 0.3) is 0 Å². The third-order valence-electron chi connectivity index (χ3n) is 3.27. The van der Waals surface area contributed by atoms with Gasteiger partial charge in [0.05, 0.1) is 0 Å². The minimum absolute atomic E-state index is 0.154. The molecule has 0 saturated carbocycles. The smallest absolute Gasteiger partial charge is 0.276 e. The number of carbonyl (C=O) groups is 1. The third-order valence-corrected chi connectivity index (χ3v) is 3.27. The largest absolute Gasteiger partial charge is 0.437 e. The molecule has 2 aromatic carbocycles. The standard InChI is InChI=1S/C18H14FN3O2/c1-12-7-8-14(11-15(12)19)24-17-10-9-16(21-22-17)18(23)20-13-5-3-2-4-6-13/h2-11H,1H3,(H,20,23). The van der Waals surface area contributed by atoms with Gasteiger partial charge in [0.25, 0.3) is 5.91 Å². The van der Waals surface area contributed by atoms with Crippen molar-refractivity contribution in [3.8, 4) is 11.6 Å². The van der Waals surface area contributed by atoms with Crippen LogP contribution in [0.5, 0.6) is 11.6 Å². The second kappa shape index (κ2) is 6.87. The second-order valence-electron chi connectivity index (χ2n) is 5.09. The summed E-state index contributed by atoms with van der Waals surface area (Å²) in [5.74, 6) is -0.246. The highest BCUT2D eigenvalue weighted by Gasteiger charge is 2.09. The number of aryl methyl sites for hydroxylation is 1. The Hall–Kier alpha value is -3.28.